The molecule has 126 valence electrons. The van der Waals surface area contributed by atoms with Gasteiger partial charge >= 0.3 is 0 Å². The zero-order valence-electron chi connectivity index (χ0n) is 13.2. The molecule has 5 nitrogen and oxygen atoms in total. The van der Waals surface area contributed by atoms with Crippen LogP contribution in [0, 0.1) is 6.92 Å². The number of benzene rings is 2. The number of halogens is 2. The van der Waals surface area contributed by atoms with Crippen LogP contribution in [0.1, 0.15) is 11.1 Å². The van der Waals surface area contributed by atoms with Crippen molar-refractivity contribution in [1.82, 2.24) is 5.43 Å². The molecule has 0 heterocycles. The molecule has 0 fully saturated rings. The highest BCUT2D eigenvalue weighted by Crippen LogP contribution is 2.32. The largest absolute Gasteiger partial charge is 0.496 e. The summed E-state index contributed by atoms with van der Waals surface area (Å²) in [4.78, 5) is 11.8. The van der Waals surface area contributed by atoms with Crippen molar-refractivity contribution in [2.24, 2.45) is 5.10 Å². The summed E-state index contributed by atoms with van der Waals surface area (Å²) < 4.78 is 12.5. The normalized spacial score (nSPS) is 10.7. The van der Waals surface area contributed by atoms with E-state index >= 15 is 0 Å². The fraction of sp³-hybridized carbons (Fsp3) is 0.176. The first kappa shape index (κ1) is 18.5. The van der Waals surface area contributed by atoms with Crippen molar-refractivity contribution in [3.05, 3.63) is 56.5 Å². The van der Waals surface area contributed by atoms with Gasteiger partial charge in [-0.05, 0) is 52.7 Å². The summed E-state index contributed by atoms with van der Waals surface area (Å²) in [6.07, 6.45) is 1.53. The first-order chi connectivity index (χ1) is 11.5. The molecule has 0 aliphatic carbocycles. The molecular weight excluding hydrogens is 440 g/mol. The Labute approximate surface area is 157 Å². The summed E-state index contributed by atoms with van der Waals surface area (Å²) in [5.74, 6) is 0.957. The lowest BCUT2D eigenvalue weighted by Gasteiger charge is -2.10. The van der Waals surface area contributed by atoms with Crippen molar-refractivity contribution in [2.75, 3.05) is 13.7 Å². The number of hydrazone groups is 1. The number of nitrogens with one attached hydrogen (secondary N) is 1. The summed E-state index contributed by atoms with van der Waals surface area (Å²) in [6.45, 7) is 1.77. The van der Waals surface area contributed by atoms with Crippen molar-refractivity contribution in [2.45, 2.75) is 6.92 Å². The van der Waals surface area contributed by atoms with Crippen molar-refractivity contribution >= 4 is 44.0 Å². The van der Waals surface area contributed by atoms with Crippen molar-refractivity contribution in [3.8, 4) is 11.5 Å². The number of carbonyl (C=O) groups excluding carboxylic acids is 1. The zero-order chi connectivity index (χ0) is 17.5. The van der Waals surface area contributed by atoms with Crippen LogP contribution in [0.15, 0.2) is 50.4 Å². The highest BCUT2D eigenvalue weighted by molar-refractivity contribution is 9.11. The van der Waals surface area contributed by atoms with Crippen LogP contribution in [-0.2, 0) is 4.79 Å². The van der Waals surface area contributed by atoms with Crippen LogP contribution >= 0.6 is 31.9 Å². The van der Waals surface area contributed by atoms with E-state index in [0.717, 1.165) is 20.1 Å². The molecule has 0 saturated heterocycles. The second-order valence-electron chi connectivity index (χ2n) is 4.86. The van der Waals surface area contributed by atoms with Crippen LogP contribution in [0.4, 0.5) is 0 Å². The maximum Gasteiger partial charge on any atom is 0.277 e. The molecule has 7 heteroatoms. The monoisotopic (exact) mass is 454 g/mol. The first-order valence-electron chi connectivity index (χ1n) is 7.04. The lowest BCUT2D eigenvalue weighted by atomic mass is 10.2. The number of aryl methyl sites for hydroxylation is 1. The predicted octanol–water partition coefficient (Wildman–Crippen LogP) is 4.06. The molecule has 0 atom stereocenters. The molecule has 2 aromatic rings. The molecule has 2 rings (SSSR count). The molecule has 2 aromatic carbocycles. The minimum atomic E-state index is -0.352. The van der Waals surface area contributed by atoms with Gasteiger partial charge in [-0.3, -0.25) is 4.79 Å². The van der Waals surface area contributed by atoms with E-state index in [1.54, 1.807) is 7.11 Å². The second-order valence-corrected chi connectivity index (χ2v) is 6.63. The number of methoxy groups -OCH3 is 1. The average Bonchev–Trinajstić information content (AvgIpc) is 2.54. The first-order valence-corrected chi connectivity index (χ1v) is 8.63. The highest BCUT2D eigenvalue weighted by atomic mass is 79.9. The summed E-state index contributed by atoms with van der Waals surface area (Å²) in [7, 11) is 1.58. The fourth-order valence-electron chi connectivity index (χ4n) is 1.99. The van der Waals surface area contributed by atoms with Gasteiger partial charge in [0.05, 0.1) is 17.8 Å². The van der Waals surface area contributed by atoms with Gasteiger partial charge < -0.3 is 9.47 Å². The van der Waals surface area contributed by atoms with Crippen LogP contribution in [0.5, 0.6) is 11.5 Å². The molecule has 24 heavy (non-hydrogen) atoms. The SMILES string of the molecule is COc1ccccc1C=NNC(=O)COc1c(C)cc(Br)cc1Br. The minimum absolute atomic E-state index is 0.135. The topological polar surface area (TPSA) is 59.9 Å². The predicted molar refractivity (Wildman–Crippen MR) is 101 cm³/mol. The van der Waals surface area contributed by atoms with Gasteiger partial charge in [-0.15, -0.1) is 0 Å². The molecule has 0 radical (unpaired) electrons. The Morgan fingerprint density at radius 1 is 1.29 bits per heavy atom. The van der Waals surface area contributed by atoms with E-state index in [9.17, 15) is 4.79 Å². The van der Waals surface area contributed by atoms with Gasteiger partial charge in [0.25, 0.3) is 5.91 Å². The van der Waals surface area contributed by atoms with Gasteiger partial charge in [-0.2, -0.15) is 5.10 Å². The van der Waals surface area contributed by atoms with Crippen LogP contribution in [0.3, 0.4) is 0 Å². The minimum Gasteiger partial charge on any atom is -0.496 e. The van der Waals surface area contributed by atoms with Crippen LogP contribution in [0.25, 0.3) is 0 Å². The Morgan fingerprint density at radius 3 is 2.75 bits per heavy atom. The molecular formula is C17H16Br2N2O3. The third-order valence-electron chi connectivity index (χ3n) is 3.07. The number of para-hydroxylation sites is 1. The van der Waals surface area contributed by atoms with E-state index in [1.165, 1.54) is 6.21 Å². The van der Waals surface area contributed by atoms with E-state index in [2.05, 4.69) is 42.4 Å². The number of nitrogens with zero attached hydrogens (tertiary/aromatic N) is 1. The van der Waals surface area contributed by atoms with Gasteiger partial charge in [-0.25, -0.2) is 5.43 Å². The Hall–Kier alpha value is -1.86. The fourth-order valence-corrected chi connectivity index (χ4v) is 3.54. The third kappa shape index (κ3) is 5.07. The maximum atomic E-state index is 11.8. The van der Waals surface area contributed by atoms with Gasteiger partial charge in [-0.1, -0.05) is 28.1 Å². The Kier molecular flexibility index (Phi) is 6.81. The molecule has 1 amide bonds. The van der Waals surface area contributed by atoms with Crippen LogP contribution < -0.4 is 14.9 Å². The van der Waals surface area contributed by atoms with Crippen LogP contribution in [-0.4, -0.2) is 25.8 Å². The summed E-state index contributed by atoms with van der Waals surface area (Å²) in [5.41, 5.74) is 4.12. The number of rotatable bonds is 6. The maximum absolute atomic E-state index is 11.8. The number of ether oxygens (including phenoxy) is 2. The van der Waals surface area contributed by atoms with Crippen molar-refractivity contribution in [1.29, 1.82) is 0 Å². The molecule has 0 saturated carbocycles. The van der Waals surface area contributed by atoms with Gasteiger partial charge in [0.15, 0.2) is 6.61 Å². The third-order valence-corrected chi connectivity index (χ3v) is 4.12. The number of carbonyl (C=O) groups is 1. The summed E-state index contributed by atoms with van der Waals surface area (Å²) in [5, 5.41) is 3.92. The molecule has 0 spiro atoms. The van der Waals surface area contributed by atoms with Gasteiger partial charge in [0, 0.05) is 10.0 Å². The molecule has 0 aromatic heterocycles. The molecule has 0 unspecified atom stereocenters. The zero-order valence-corrected chi connectivity index (χ0v) is 16.3. The van der Waals surface area contributed by atoms with E-state index in [0.29, 0.717) is 11.5 Å². The van der Waals surface area contributed by atoms with E-state index in [1.807, 2.05) is 43.3 Å². The lowest BCUT2D eigenvalue weighted by Crippen LogP contribution is -2.24. The van der Waals surface area contributed by atoms with E-state index in [-0.39, 0.29) is 12.5 Å². The van der Waals surface area contributed by atoms with Gasteiger partial charge in [0.1, 0.15) is 11.5 Å². The Bertz CT molecular complexity index is 740. The second kappa shape index (κ2) is 8.84. The van der Waals surface area contributed by atoms with Gasteiger partial charge in [0.2, 0.25) is 0 Å². The average molecular weight is 456 g/mol. The Morgan fingerprint density at radius 2 is 2.04 bits per heavy atom. The smallest absolute Gasteiger partial charge is 0.277 e. The summed E-state index contributed by atoms with van der Waals surface area (Å²) in [6, 6.07) is 11.2. The van der Waals surface area contributed by atoms with Crippen molar-refractivity contribution in [3.63, 3.8) is 0 Å². The van der Waals surface area contributed by atoms with Crippen LogP contribution in [0.2, 0.25) is 0 Å². The Balaban J connectivity index is 1.91. The lowest BCUT2D eigenvalue weighted by molar-refractivity contribution is -0.123. The number of hydrogen-bond donors (Lipinski definition) is 1. The molecule has 0 bridgehead atoms. The van der Waals surface area contributed by atoms with E-state index < -0.39 is 0 Å². The standard InChI is InChI=1S/C17H16Br2N2O3/c1-11-7-13(18)8-14(19)17(11)24-10-16(22)21-20-9-12-5-3-4-6-15(12)23-2/h3-9H,10H2,1-2H3,(H,21,22). The number of amides is 1. The summed E-state index contributed by atoms with van der Waals surface area (Å²) >= 11 is 6.82. The molecule has 0 aliphatic rings. The van der Waals surface area contributed by atoms with E-state index in [4.69, 9.17) is 9.47 Å². The van der Waals surface area contributed by atoms with Crippen molar-refractivity contribution < 1.29 is 14.3 Å². The highest BCUT2D eigenvalue weighted by Gasteiger charge is 2.09. The molecule has 0 aliphatic heterocycles. The quantitative estimate of drug-likeness (QED) is 0.527. The molecule has 1 N–H and O–H groups in total. The number of hydrogen-bond acceptors (Lipinski definition) is 4.